The molecule has 0 radical (unpaired) electrons. The van der Waals surface area contributed by atoms with Crippen LogP contribution in [0.3, 0.4) is 0 Å². The van der Waals surface area contributed by atoms with E-state index in [1.807, 2.05) is 0 Å². The van der Waals surface area contributed by atoms with Crippen LogP contribution >= 0.6 is 0 Å². The third-order valence-corrected chi connectivity index (χ3v) is 2.90. The van der Waals surface area contributed by atoms with Gasteiger partial charge in [0.25, 0.3) is 5.91 Å². The normalized spacial score (nSPS) is 10.1. The highest BCUT2D eigenvalue weighted by atomic mass is 16.4. The predicted octanol–water partition coefficient (Wildman–Crippen LogP) is 1.20. The minimum Gasteiger partial charge on any atom is -0.477 e. The van der Waals surface area contributed by atoms with Gasteiger partial charge in [0.2, 0.25) is 0 Å². The fourth-order valence-corrected chi connectivity index (χ4v) is 1.70. The quantitative estimate of drug-likeness (QED) is 0.767. The molecule has 0 unspecified atom stereocenters. The van der Waals surface area contributed by atoms with Gasteiger partial charge in [-0.3, -0.25) is 4.79 Å². The molecule has 0 bridgehead atoms. The number of carboxylic acids is 1. The van der Waals surface area contributed by atoms with Crippen molar-refractivity contribution >= 4 is 11.9 Å². The molecule has 21 heavy (non-hydrogen) atoms. The van der Waals surface area contributed by atoms with Gasteiger partial charge in [0.15, 0.2) is 0 Å². The van der Waals surface area contributed by atoms with Crippen molar-refractivity contribution in [2.75, 3.05) is 0 Å². The number of nitrogens with zero attached hydrogens (tertiary/aromatic N) is 1. The monoisotopic (exact) mass is 286 g/mol. The lowest BCUT2D eigenvalue weighted by molar-refractivity contribution is 0.0690. The van der Waals surface area contributed by atoms with Crippen molar-refractivity contribution in [2.45, 2.75) is 13.2 Å². The van der Waals surface area contributed by atoms with E-state index < -0.39 is 5.97 Å². The Morgan fingerprint density at radius 3 is 2.24 bits per heavy atom. The summed E-state index contributed by atoms with van der Waals surface area (Å²) in [6.07, 6.45) is 1.42. The number of hydrogen-bond donors (Lipinski definition) is 3. The molecule has 2 aromatic rings. The van der Waals surface area contributed by atoms with Crippen LogP contribution in [0, 0.1) is 0 Å². The molecule has 2 rings (SSSR count). The number of rotatable bonds is 5. The molecule has 1 heterocycles. The first-order valence-corrected chi connectivity index (χ1v) is 6.26. The number of carboxylic acid groups (broad SMARTS) is 1. The molecule has 1 aromatic heterocycles. The number of nitrogens with one attached hydrogen (secondary N) is 1. The van der Waals surface area contributed by atoms with Crippen LogP contribution in [0.4, 0.5) is 0 Å². The molecule has 0 atom stereocenters. The molecule has 108 valence electrons. The van der Waals surface area contributed by atoms with Crippen molar-refractivity contribution in [2.24, 2.45) is 0 Å². The van der Waals surface area contributed by atoms with E-state index in [-0.39, 0.29) is 24.8 Å². The molecule has 0 saturated heterocycles. The number of aromatic carboxylic acids is 1. The molecule has 1 aromatic carbocycles. The third-order valence-electron chi connectivity index (χ3n) is 2.90. The summed E-state index contributed by atoms with van der Waals surface area (Å²) in [5, 5.41) is 20.4. The number of amides is 1. The smallest absolute Gasteiger partial charge is 0.354 e. The van der Waals surface area contributed by atoms with Gasteiger partial charge in [0.1, 0.15) is 5.69 Å². The number of benzene rings is 1. The molecule has 0 aliphatic rings. The maximum absolute atomic E-state index is 11.9. The van der Waals surface area contributed by atoms with E-state index in [9.17, 15) is 9.59 Å². The van der Waals surface area contributed by atoms with Crippen molar-refractivity contribution in [1.82, 2.24) is 10.3 Å². The summed E-state index contributed by atoms with van der Waals surface area (Å²) >= 11 is 0. The number of carbonyl (C=O) groups is 2. The molecule has 6 nitrogen and oxygen atoms in total. The van der Waals surface area contributed by atoms with Gasteiger partial charge in [-0.25, -0.2) is 9.78 Å². The predicted molar refractivity (Wildman–Crippen MR) is 74.7 cm³/mol. The van der Waals surface area contributed by atoms with Crippen molar-refractivity contribution in [1.29, 1.82) is 0 Å². The number of aliphatic hydroxyl groups excluding tert-OH is 1. The lowest BCUT2D eigenvalue weighted by atomic mass is 10.1. The molecule has 3 N–H and O–H groups in total. The van der Waals surface area contributed by atoms with Gasteiger partial charge in [0.05, 0.1) is 6.61 Å². The minimum atomic E-state index is -1.09. The van der Waals surface area contributed by atoms with Crippen LogP contribution in [0.1, 0.15) is 32.0 Å². The SMILES string of the molecule is O=C(NCc1ccc(C(=O)O)nc1)c1ccc(CO)cc1. The Bertz CT molecular complexity index is 636. The highest BCUT2D eigenvalue weighted by molar-refractivity contribution is 5.94. The van der Waals surface area contributed by atoms with E-state index >= 15 is 0 Å². The van der Waals surface area contributed by atoms with Crippen LogP contribution in [-0.2, 0) is 13.2 Å². The fraction of sp³-hybridized carbons (Fsp3) is 0.133. The standard InChI is InChI=1S/C15H14N2O4/c18-9-10-1-4-12(5-2-10)14(19)17-8-11-3-6-13(15(20)21)16-7-11/h1-7,18H,8-9H2,(H,17,19)(H,20,21). The second kappa shape index (κ2) is 6.62. The zero-order valence-electron chi connectivity index (χ0n) is 11.1. The Morgan fingerprint density at radius 2 is 1.71 bits per heavy atom. The number of aliphatic hydroxyl groups is 1. The average Bonchev–Trinajstić information content (AvgIpc) is 2.53. The van der Waals surface area contributed by atoms with Crippen LogP contribution < -0.4 is 5.32 Å². The largest absolute Gasteiger partial charge is 0.477 e. The Kier molecular flexibility index (Phi) is 4.63. The van der Waals surface area contributed by atoms with Gasteiger partial charge in [-0.15, -0.1) is 0 Å². The molecule has 0 aliphatic carbocycles. The van der Waals surface area contributed by atoms with Crippen molar-refractivity contribution in [3.05, 3.63) is 65.0 Å². The molecule has 6 heteroatoms. The second-order valence-electron chi connectivity index (χ2n) is 4.39. The number of carbonyl (C=O) groups excluding carboxylic acids is 1. The lowest BCUT2D eigenvalue weighted by Gasteiger charge is -2.06. The van der Waals surface area contributed by atoms with Gasteiger partial charge in [-0.05, 0) is 29.3 Å². The first kappa shape index (κ1) is 14.7. The van der Waals surface area contributed by atoms with E-state index in [2.05, 4.69) is 10.3 Å². The van der Waals surface area contributed by atoms with Gasteiger partial charge in [-0.1, -0.05) is 18.2 Å². The van der Waals surface area contributed by atoms with E-state index in [1.165, 1.54) is 12.3 Å². The Balaban J connectivity index is 1.95. The van der Waals surface area contributed by atoms with Crippen molar-refractivity contribution in [3.63, 3.8) is 0 Å². The highest BCUT2D eigenvalue weighted by Gasteiger charge is 2.07. The lowest BCUT2D eigenvalue weighted by Crippen LogP contribution is -2.22. The van der Waals surface area contributed by atoms with Crippen molar-refractivity contribution in [3.8, 4) is 0 Å². The van der Waals surface area contributed by atoms with Crippen molar-refractivity contribution < 1.29 is 19.8 Å². The van der Waals surface area contributed by atoms with Gasteiger partial charge in [0, 0.05) is 18.3 Å². The molecule has 0 spiro atoms. The number of aromatic nitrogens is 1. The highest BCUT2D eigenvalue weighted by Crippen LogP contribution is 2.05. The third kappa shape index (κ3) is 3.87. The summed E-state index contributed by atoms with van der Waals surface area (Å²) in [5.41, 5.74) is 1.90. The number of hydrogen-bond acceptors (Lipinski definition) is 4. The van der Waals surface area contributed by atoms with Crippen LogP contribution in [0.15, 0.2) is 42.6 Å². The van der Waals surface area contributed by atoms with Gasteiger partial charge >= 0.3 is 5.97 Å². The summed E-state index contributed by atoms with van der Waals surface area (Å²) in [6, 6.07) is 9.61. The fourth-order valence-electron chi connectivity index (χ4n) is 1.70. The van der Waals surface area contributed by atoms with Gasteiger partial charge < -0.3 is 15.5 Å². The summed E-state index contributed by atoms with van der Waals surface area (Å²) < 4.78 is 0. The maximum atomic E-state index is 11.9. The first-order chi connectivity index (χ1) is 10.1. The molecule has 0 saturated carbocycles. The molecule has 0 fully saturated rings. The minimum absolute atomic E-state index is 0.0373. The summed E-state index contributed by atoms with van der Waals surface area (Å²) in [5.74, 6) is -1.34. The van der Waals surface area contributed by atoms with E-state index in [1.54, 1.807) is 30.3 Å². The summed E-state index contributed by atoms with van der Waals surface area (Å²) in [4.78, 5) is 26.3. The Hall–Kier alpha value is -2.73. The summed E-state index contributed by atoms with van der Waals surface area (Å²) in [7, 11) is 0. The zero-order chi connectivity index (χ0) is 15.2. The Morgan fingerprint density at radius 1 is 1.05 bits per heavy atom. The van der Waals surface area contributed by atoms with Crippen LogP contribution in [0.2, 0.25) is 0 Å². The molecule has 0 aliphatic heterocycles. The Labute approximate surface area is 121 Å². The molecular formula is C15H14N2O4. The zero-order valence-corrected chi connectivity index (χ0v) is 11.1. The topological polar surface area (TPSA) is 99.5 Å². The maximum Gasteiger partial charge on any atom is 0.354 e. The van der Waals surface area contributed by atoms with Crippen LogP contribution in [0.5, 0.6) is 0 Å². The van der Waals surface area contributed by atoms with E-state index in [4.69, 9.17) is 10.2 Å². The van der Waals surface area contributed by atoms with Crippen LogP contribution in [-0.4, -0.2) is 27.1 Å². The first-order valence-electron chi connectivity index (χ1n) is 6.26. The molecular weight excluding hydrogens is 272 g/mol. The average molecular weight is 286 g/mol. The van der Waals surface area contributed by atoms with E-state index in [0.717, 1.165) is 5.56 Å². The van der Waals surface area contributed by atoms with Gasteiger partial charge in [-0.2, -0.15) is 0 Å². The van der Waals surface area contributed by atoms with E-state index in [0.29, 0.717) is 11.1 Å². The second-order valence-corrected chi connectivity index (χ2v) is 4.39. The molecule has 1 amide bonds. The van der Waals surface area contributed by atoms with Crippen LogP contribution in [0.25, 0.3) is 0 Å². The number of pyridine rings is 1. The summed E-state index contributed by atoms with van der Waals surface area (Å²) in [6.45, 7) is 0.191.